The molecule has 1 amide bonds. The fourth-order valence-electron chi connectivity index (χ4n) is 3.54. The van der Waals surface area contributed by atoms with E-state index in [0.29, 0.717) is 5.92 Å². The number of hydrogen-bond acceptors (Lipinski definition) is 3. The zero-order chi connectivity index (χ0) is 14.0. The maximum absolute atomic E-state index is 12.3. The quantitative estimate of drug-likeness (QED) is 0.772. The third kappa shape index (κ3) is 3.11. The second kappa shape index (κ2) is 5.80. The highest BCUT2D eigenvalue weighted by Crippen LogP contribution is 2.44. The molecule has 2 saturated carbocycles. The number of carbonyl (C=O) groups excluding carboxylic acids is 1. The van der Waals surface area contributed by atoms with Gasteiger partial charge in [0.2, 0.25) is 5.91 Å². The molecule has 3 N–H and O–H groups in total. The van der Waals surface area contributed by atoms with Crippen LogP contribution in [0.4, 0.5) is 0 Å². The number of carbonyl (C=O) groups is 1. The predicted molar refractivity (Wildman–Crippen MR) is 75.1 cm³/mol. The summed E-state index contributed by atoms with van der Waals surface area (Å²) in [5, 5.41) is 0. The Morgan fingerprint density at radius 3 is 2.47 bits per heavy atom. The van der Waals surface area contributed by atoms with E-state index in [9.17, 15) is 4.79 Å². The predicted octanol–water partition coefficient (Wildman–Crippen LogP) is 2.38. The van der Waals surface area contributed by atoms with Crippen LogP contribution in [-0.2, 0) is 9.63 Å². The van der Waals surface area contributed by atoms with Crippen molar-refractivity contribution in [3.05, 3.63) is 0 Å². The Labute approximate surface area is 116 Å². The van der Waals surface area contributed by atoms with E-state index >= 15 is 0 Å². The minimum atomic E-state index is -0.0687. The molecular formula is C15H28N2O2. The maximum Gasteiger partial charge on any atom is 0.247 e. The highest BCUT2D eigenvalue weighted by molar-refractivity contribution is 5.78. The number of nitrogens with two attached hydrogens (primary N) is 1. The van der Waals surface area contributed by atoms with Gasteiger partial charge >= 0.3 is 0 Å². The summed E-state index contributed by atoms with van der Waals surface area (Å²) in [4.78, 5) is 17.9. The molecular weight excluding hydrogens is 240 g/mol. The molecule has 19 heavy (non-hydrogen) atoms. The molecule has 3 unspecified atom stereocenters. The van der Waals surface area contributed by atoms with Gasteiger partial charge in [0, 0.05) is 12.0 Å². The van der Waals surface area contributed by atoms with E-state index in [4.69, 9.17) is 10.6 Å². The molecule has 3 atom stereocenters. The second-order valence-electron chi connectivity index (χ2n) is 6.89. The lowest BCUT2D eigenvalue weighted by atomic mass is 9.61. The fourth-order valence-corrected chi connectivity index (χ4v) is 3.54. The number of nitrogens with one attached hydrogen (secondary N) is 1. The van der Waals surface area contributed by atoms with E-state index in [1.54, 1.807) is 0 Å². The summed E-state index contributed by atoms with van der Waals surface area (Å²) in [6.45, 7) is 6.45. The first-order valence-electron chi connectivity index (χ1n) is 7.64. The molecule has 4 heteroatoms. The largest absolute Gasteiger partial charge is 0.327 e. The zero-order valence-electron chi connectivity index (χ0n) is 12.4. The van der Waals surface area contributed by atoms with Gasteiger partial charge in [0.1, 0.15) is 0 Å². The molecule has 0 saturated heterocycles. The van der Waals surface area contributed by atoms with E-state index in [1.165, 1.54) is 12.8 Å². The summed E-state index contributed by atoms with van der Waals surface area (Å²) in [7, 11) is 0. The molecule has 4 nitrogen and oxygen atoms in total. The van der Waals surface area contributed by atoms with Crippen LogP contribution in [0.15, 0.2) is 0 Å². The number of hydrogen-bond donors (Lipinski definition) is 2. The Kier molecular flexibility index (Phi) is 4.51. The third-order valence-corrected chi connectivity index (χ3v) is 5.45. The molecule has 0 spiro atoms. The standard InChI is InChI=1S/C15H28N2O2/c1-10-13(16)9-8-12(15(10,2)3)14(18)17-19-11-6-4-5-7-11/h10-13H,4-9,16H2,1-3H3,(H,17,18). The van der Waals surface area contributed by atoms with Crippen LogP contribution in [0.25, 0.3) is 0 Å². The maximum atomic E-state index is 12.3. The normalized spacial score (nSPS) is 35.3. The number of rotatable bonds is 3. The summed E-state index contributed by atoms with van der Waals surface area (Å²) in [6.07, 6.45) is 6.55. The fraction of sp³-hybridized carbons (Fsp3) is 0.933. The zero-order valence-corrected chi connectivity index (χ0v) is 12.4. The van der Waals surface area contributed by atoms with Crippen LogP contribution in [0, 0.1) is 17.3 Å². The van der Waals surface area contributed by atoms with Gasteiger partial charge in [-0.05, 0) is 37.0 Å². The van der Waals surface area contributed by atoms with E-state index in [0.717, 1.165) is 25.7 Å². The molecule has 0 heterocycles. The SMILES string of the molecule is CC1C(N)CCC(C(=O)NOC2CCCC2)C1(C)C. The van der Waals surface area contributed by atoms with Crippen molar-refractivity contribution < 1.29 is 9.63 Å². The van der Waals surface area contributed by atoms with Crippen LogP contribution in [0.5, 0.6) is 0 Å². The van der Waals surface area contributed by atoms with Gasteiger partial charge in [0.15, 0.2) is 0 Å². The topological polar surface area (TPSA) is 64.4 Å². The van der Waals surface area contributed by atoms with Crippen LogP contribution in [0.3, 0.4) is 0 Å². The van der Waals surface area contributed by atoms with Crippen LogP contribution < -0.4 is 11.2 Å². The Hall–Kier alpha value is -0.610. The molecule has 2 fully saturated rings. The van der Waals surface area contributed by atoms with Crippen LogP contribution in [0.1, 0.15) is 59.3 Å². The van der Waals surface area contributed by atoms with Crippen LogP contribution >= 0.6 is 0 Å². The van der Waals surface area contributed by atoms with Gasteiger partial charge in [-0.25, -0.2) is 5.48 Å². The van der Waals surface area contributed by atoms with Crippen molar-refractivity contribution in [2.45, 2.75) is 71.4 Å². The smallest absolute Gasteiger partial charge is 0.247 e. The monoisotopic (exact) mass is 268 g/mol. The first-order valence-corrected chi connectivity index (χ1v) is 7.64. The highest BCUT2D eigenvalue weighted by atomic mass is 16.7. The van der Waals surface area contributed by atoms with E-state index in [2.05, 4.69) is 26.3 Å². The average molecular weight is 268 g/mol. The minimum absolute atomic E-state index is 0.00343. The Morgan fingerprint density at radius 1 is 1.21 bits per heavy atom. The first kappa shape index (κ1) is 14.8. The number of amides is 1. The molecule has 0 aromatic rings. The van der Waals surface area contributed by atoms with Gasteiger partial charge in [0.25, 0.3) is 0 Å². The van der Waals surface area contributed by atoms with Crippen LogP contribution in [-0.4, -0.2) is 18.1 Å². The van der Waals surface area contributed by atoms with Crippen molar-refractivity contribution in [2.24, 2.45) is 23.0 Å². The average Bonchev–Trinajstić information content (AvgIpc) is 2.86. The van der Waals surface area contributed by atoms with Crippen molar-refractivity contribution in [3.8, 4) is 0 Å². The molecule has 0 radical (unpaired) electrons. The molecule has 0 aliphatic heterocycles. The lowest BCUT2D eigenvalue weighted by Crippen LogP contribution is -2.51. The third-order valence-electron chi connectivity index (χ3n) is 5.45. The number of hydroxylamine groups is 1. The van der Waals surface area contributed by atoms with Crippen molar-refractivity contribution in [1.82, 2.24) is 5.48 Å². The van der Waals surface area contributed by atoms with E-state index < -0.39 is 0 Å². The van der Waals surface area contributed by atoms with E-state index in [-0.39, 0.29) is 29.4 Å². The van der Waals surface area contributed by atoms with Gasteiger partial charge < -0.3 is 5.73 Å². The summed E-state index contributed by atoms with van der Waals surface area (Å²) in [5.41, 5.74) is 8.76. The molecule has 0 aromatic heterocycles. The lowest BCUT2D eigenvalue weighted by Gasteiger charge is -2.45. The van der Waals surface area contributed by atoms with Crippen LogP contribution in [0.2, 0.25) is 0 Å². The molecule has 2 aliphatic carbocycles. The minimum Gasteiger partial charge on any atom is -0.327 e. The Bertz CT molecular complexity index is 324. The van der Waals surface area contributed by atoms with Crippen molar-refractivity contribution in [1.29, 1.82) is 0 Å². The van der Waals surface area contributed by atoms with Gasteiger partial charge in [-0.2, -0.15) is 0 Å². The van der Waals surface area contributed by atoms with Crippen molar-refractivity contribution >= 4 is 5.91 Å². The summed E-state index contributed by atoms with van der Waals surface area (Å²) in [5.74, 6) is 0.392. The Morgan fingerprint density at radius 2 is 1.84 bits per heavy atom. The second-order valence-corrected chi connectivity index (χ2v) is 6.89. The summed E-state index contributed by atoms with van der Waals surface area (Å²) in [6, 6.07) is 0.204. The van der Waals surface area contributed by atoms with Gasteiger partial charge in [-0.15, -0.1) is 0 Å². The van der Waals surface area contributed by atoms with Crippen molar-refractivity contribution in [3.63, 3.8) is 0 Å². The summed E-state index contributed by atoms with van der Waals surface area (Å²) < 4.78 is 0. The van der Waals surface area contributed by atoms with Gasteiger partial charge in [-0.1, -0.05) is 33.6 Å². The molecule has 2 aliphatic rings. The van der Waals surface area contributed by atoms with Crippen molar-refractivity contribution in [2.75, 3.05) is 0 Å². The lowest BCUT2D eigenvalue weighted by molar-refractivity contribution is -0.150. The molecule has 110 valence electrons. The van der Waals surface area contributed by atoms with Gasteiger partial charge in [0.05, 0.1) is 6.10 Å². The van der Waals surface area contributed by atoms with Gasteiger partial charge in [-0.3, -0.25) is 9.63 Å². The summed E-state index contributed by atoms with van der Waals surface area (Å²) >= 11 is 0. The molecule has 0 aromatic carbocycles. The van der Waals surface area contributed by atoms with E-state index in [1.807, 2.05) is 0 Å². The molecule has 0 bridgehead atoms. The highest BCUT2D eigenvalue weighted by Gasteiger charge is 2.45. The molecule has 2 rings (SSSR count). The first-order chi connectivity index (χ1) is 8.93. The Balaban J connectivity index is 1.90.